The van der Waals surface area contributed by atoms with Crippen molar-refractivity contribution in [2.24, 2.45) is 17.3 Å². The lowest BCUT2D eigenvalue weighted by Crippen LogP contribution is -2.46. The SMILES string of the molecule is C=C(CN(C)C)C(=O)NCC1(C2CCCC2)CC1C(=N)C(=O)[C@H](CC(CC)Sc1cc(C(C)C)ccc1N)NC(=O)CC. The van der Waals surface area contributed by atoms with Gasteiger partial charge in [-0.05, 0) is 81.1 Å². The van der Waals surface area contributed by atoms with Gasteiger partial charge in [0.05, 0.1) is 11.8 Å². The zero-order chi connectivity index (χ0) is 31.9. The largest absolute Gasteiger partial charge is 0.398 e. The van der Waals surface area contributed by atoms with Crippen LogP contribution in [0, 0.1) is 22.7 Å². The van der Waals surface area contributed by atoms with E-state index in [0.29, 0.717) is 49.0 Å². The van der Waals surface area contributed by atoms with Gasteiger partial charge in [0.2, 0.25) is 11.8 Å². The fourth-order valence-corrected chi connectivity index (χ4v) is 7.69. The standard InChI is InChI=1S/C34H53N5O3S/c1-8-25(43-29-16-23(21(3)4)14-15-27(29)35)17-28(38-30(40)9-2)32(41)31(36)26-18-34(26,24-12-10-11-13-24)20-37-33(42)22(5)19-39(6)7/h14-16,21,24-26,28,36H,5,8-13,17-20,35H2,1-4,6-7H3,(H,37,42)(H,38,40)/t25?,26?,28-,34?/m0/s1. The molecular weight excluding hydrogens is 558 g/mol. The highest BCUT2D eigenvalue weighted by molar-refractivity contribution is 8.00. The van der Waals surface area contributed by atoms with Crippen LogP contribution >= 0.6 is 11.8 Å². The second-order valence-corrected chi connectivity index (χ2v) is 14.4. The number of carbonyl (C=O) groups is 3. The molecule has 2 aliphatic carbocycles. The van der Waals surface area contributed by atoms with Crippen molar-refractivity contribution in [2.75, 3.05) is 32.9 Å². The molecule has 0 aromatic heterocycles. The minimum Gasteiger partial charge on any atom is -0.398 e. The van der Waals surface area contributed by atoms with Crippen molar-refractivity contribution in [3.8, 4) is 0 Å². The number of nitrogen functional groups attached to an aromatic ring is 1. The molecule has 1 aromatic carbocycles. The molecule has 43 heavy (non-hydrogen) atoms. The van der Waals surface area contributed by atoms with Gasteiger partial charge < -0.3 is 26.7 Å². The van der Waals surface area contributed by atoms with Crippen molar-refractivity contribution in [3.63, 3.8) is 0 Å². The number of carbonyl (C=O) groups excluding carboxylic acids is 3. The molecule has 2 amide bonds. The van der Waals surface area contributed by atoms with Gasteiger partial charge in [0.1, 0.15) is 0 Å². The third-order valence-electron chi connectivity index (χ3n) is 9.23. The number of hydrogen-bond donors (Lipinski definition) is 4. The summed E-state index contributed by atoms with van der Waals surface area (Å²) in [5, 5.41) is 15.2. The van der Waals surface area contributed by atoms with Crippen LogP contribution in [0.15, 0.2) is 35.2 Å². The minimum atomic E-state index is -0.775. The Hall–Kier alpha value is -2.65. The van der Waals surface area contributed by atoms with Crippen molar-refractivity contribution in [2.45, 2.75) is 101 Å². The maximum absolute atomic E-state index is 14.0. The number of benzene rings is 1. The summed E-state index contributed by atoms with van der Waals surface area (Å²) in [6.45, 7) is 13.0. The quantitative estimate of drug-likeness (QED) is 0.0790. The maximum atomic E-state index is 14.0. The van der Waals surface area contributed by atoms with Gasteiger partial charge in [-0.15, -0.1) is 11.8 Å². The number of Topliss-reactive ketones (excluding diaryl/α,β-unsaturated/α-hetero) is 1. The predicted octanol–water partition coefficient (Wildman–Crippen LogP) is 5.57. The van der Waals surface area contributed by atoms with Crippen LogP contribution in [0.2, 0.25) is 0 Å². The highest BCUT2D eigenvalue weighted by Crippen LogP contribution is 2.62. The molecule has 2 fully saturated rings. The molecule has 0 saturated heterocycles. The number of rotatable bonds is 17. The highest BCUT2D eigenvalue weighted by atomic mass is 32.2. The summed E-state index contributed by atoms with van der Waals surface area (Å²) in [5.41, 5.74) is 8.53. The van der Waals surface area contributed by atoms with Crippen LogP contribution in [-0.4, -0.2) is 66.7 Å². The fraction of sp³-hybridized carbons (Fsp3) is 0.647. The van der Waals surface area contributed by atoms with Gasteiger partial charge in [-0.3, -0.25) is 14.4 Å². The summed E-state index contributed by atoms with van der Waals surface area (Å²) in [7, 11) is 3.80. The number of likely N-dealkylation sites (N-methyl/N-ethyl adjacent to an activating group) is 1. The molecule has 238 valence electrons. The molecule has 3 rings (SSSR count). The lowest BCUT2D eigenvalue weighted by Gasteiger charge is -2.27. The summed E-state index contributed by atoms with van der Waals surface area (Å²) in [6, 6.07) is 5.33. The molecule has 0 radical (unpaired) electrons. The molecule has 4 atom stereocenters. The van der Waals surface area contributed by atoms with Crippen molar-refractivity contribution in [1.29, 1.82) is 5.41 Å². The fourth-order valence-electron chi connectivity index (χ4n) is 6.47. The molecule has 0 bridgehead atoms. The molecular formula is C34H53N5O3S. The van der Waals surface area contributed by atoms with Crippen molar-refractivity contribution < 1.29 is 14.4 Å². The van der Waals surface area contributed by atoms with Crippen LogP contribution in [0.4, 0.5) is 5.69 Å². The monoisotopic (exact) mass is 611 g/mol. The Labute approximate surface area is 262 Å². The van der Waals surface area contributed by atoms with E-state index >= 15 is 0 Å². The normalized spacial score (nSPS) is 21.4. The molecule has 0 spiro atoms. The Kier molecular flexibility index (Phi) is 12.5. The zero-order valence-electron chi connectivity index (χ0n) is 27.1. The second-order valence-electron chi connectivity index (χ2n) is 13.1. The number of nitrogens with two attached hydrogens (primary N) is 1. The lowest BCUT2D eigenvalue weighted by atomic mass is 9.83. The Morgan fingerprint density at radius 2 is 1.86 bits per heavy atom. The van der Waals surface area contributed by atoms with Crippen molar-refractivity contribution in [3.05, 3.63) is 35.9 Å². The first-order valence-corrected chi connectivity index (χ1v) is 16.8. The van der Waals surface area contributed by atoms with Crippen LogP contribution < -0.4 is 16.4 Å². The second kappa shape index (κ2) is 15.4. The van der Waals surface area contributed by atoms with E-state index in [0.717, 1.165) is 37.0 Å². The van der Waals surface area contributed by atoms with Crippen molar-refractivity contribution >= 4 is 40.8 Å². The predicted molar refractivity (Wildman–Crippen MR) is 178 cm³/mol. The molecule has 0 heterocycles. The number of thioether (sulfide) groups is 1. The summed E-state index contributed by atoms with van der Waals surface area (Å²) in [4.78, 5) is 42.3. The van der Waals surface area contributed by atoms with E-state index in [2.05, 4.69) is 44.1 Å². The van der Waals surface area contributed by atoms with Gasteiger partial charge in [0, 0.05) is 46.8 Å². The van der Waals surface area contributed by atoms with E-state index in [9.17, 15) is 14.4 Å². The van der Waals surface area contributed by atoms with Crippen LogP contribution in [0.1, 0.15) is 90.5 Å². The van der Waals surface area contributed by atoms with Crippen LogP contribution in [0.5, 0.6) is 0 Å². The van der Waals surface area contributed by atoms with Gasteiger partial charge >= 0.3 is 0 Å². The average molecular weight is 612 g/mol. The molecule has 2 saturated carbocycles. The first-order chi connectivity index (χ1) is 20.3. The number of nitrogens with one attached hydrogen (secondary N) is 3. The average Bonchev–Trinajstić information content (AvgIpc) is 3.43. The number of nitrogens with zero attached hydrogens (tertiary/aromatic N) is 1. The topological polar surface area (TPSA) is 128 Å². The van der Waals surface area contributed by atoms with E-state index in [-0.39, 0.29) is 46.3 Å². The lowest BCUT2D eigenvalue weighted by molar-refractivity contribution is -0.125. The van der Waals surface area contributed by atoms with E-state index < -0.39 is 6.04 Å². The number of hydrogen-bond acceptors (Lipinski definition) is 7. The minimum absolute atomic E-state index is 0.0319. The Morgan fingerprint density at radius 1 is 1.19 bits per heavy atom. The zero-order valence-corrected chi connectivity index (χ0v) is 27.9. The summed E-state index contributed by atoms with van der Waals surface area (Å²) < 4.78 is 0. The smallest absolute Gasteiger partial charge is 0.247 e. The van der Waals surface area contributed by atoms with Gasteiger partial charge in [0.15, 0.2) is 5.78 Å². The van der Waals surface area contributed by atoms with Crippen molar-refractivity contribution in [1.82, 2.24) is 15.5 Å². The van der Waals surface area contributed by atoms with Gasteiger partial charge in [-0.25, -0.2) is 0 Å². The van der Waals surface area contributed by atoms with Gasteiger partial charge in [-0.2, -0.15) is 0 Å². The molecule has 8 nitrogen and oxygen atoms in total. The van der Waals surface area contributed by atoms with Crippen LogP contribution in [-0.2, 0) is 14.4 Å². The summed E-state index contributed by atoms with van der Waals surface area (Å²) in [6.07, 6.45) is 6.55. The molecule has 2 aliphatic rings. The summed E-state index contributed by atoms with van der Waals surface area (Å²) in [5.74, 6) is -0.168. The highest BCUT2D eigenvalue weighted by Gasteiger charge is 2.61. The van der Waals surface area contributed by atoms with E-state index in [1.54, 1.807) is 18.7 Å². The van der Waals surface area contributed by atoms with E-state index in [4.69, 9.17) is 11.1 Å². The molecule has 3 unspecified atom stereocenters. The van der Waals surface area contributed by atoms with Crippen LogP contribution in [0.25, 0.3) is 0 Å². The van der Waals surface area contributed by atoms with Gasteiger partial charge in [-0.1, -0.05) is 53.2 Å². The summed E-state index contributed by atoms with van der Waals surface area (Å²) >= 11 is 1.64. The molecule has 9 heteroatoms. The molecule has 5 N–H and O–H groups in total. The molecule has 1 aromatic rings. The first kappa shape index (κ1) is 34.8. The third-order valence-corrected chi connectivity index (χ3v) is 10.7. The first-order valence-electron chi connectivity index (χ1n) is 15.9. The van der Waals surface area contributed by atoms with Crippen LogP contribution in [0.3, 0.4) is 0 Å². The van der Waals surface area contributed by atoms with E-state index in [1.807, 2.05) is 31.1 Å². The third kappa shape index (κ3) is 8.94. The Morgan fingerprint density at radius 3 is 2.44 bits per heavy atom. The molecule has 0 aliphatic heterocycles. The number of ketones is 1. The number of anilines is 1. The Bertz CT molecular complexity index is 1190. The number of amides is 2. The van der Waals surface area contributed by atoms with Gasteiger partial charge in [0.25, 0.3) is 0 Å². The maximum Gasteiger partial charge on any atom is 0.247 e. The van der Waals surface area contributed by atoms with E-state index in [1.165, 1.54) is 5.56 Å². The Balaban J connectivity index is 1.77.